The van der Waals surface area contributed by atoms with Crippen LogP contribution >= 0.6 is 0 Å². The summed E-state index contributed by atoms with van der Waals surface area (Å²) in [6, 6.07) is 9.09. The van der Waals surface area contributed by atoms with Crippen LogP contribution in [-0.2, 0) is 4.74 Å². The predicted octanol–water partition coefficient (Wildman–Crippen LogP) is 3.44. The van der Waals surface area contributed by atoms with E-state index >= 15 is 0 Å². The number of hydrogen-bond acceptors (Lipinski definition) is 6. The highest BCUT2D eigenvalue weighted by Crippen LogP contribution is 2.26. The van der Waals surface area contributed by atoms with Gasteiger partial charge in [0.05, 0.1) is 7.11 Å². The molecule has 1 aromatic carbocycles. The third-order valence-electron chi connectivity index (χ3n) is 4.03. The molecule has 0 fully saturated rings. The zero-order valence-electron chi connectivity index (χ0n) is 15.1. The number of nitrogens with zero attached hydrogens (tertiary/aromatic N) is 2. The van der Waals surface area contributed by atoms with Crippen LogP contribution in [0.4, 0.5) is 4.39 Å². The van der Waals surface area contributed by atoms with Crippen LogP contribution in [0.5, 0.6) is 5.75 Å². The Morgan fingerprint density at radius 3 is 2.61 bits per heavy atom. The lowest BCUT2D eigenvalue weighted by atomic mass is 10.1. The van der Waals surface area contributed by atoms with Gasteiger partial charge in [-0.05, 0) is 37.3 Å². The lowest BCUT2D eigenvalue weighted by Gasteiger charge is -2.06. The van der Waals surface area contributed by atoms with Crippen LogP contribution < -0.4 is 4.74 Å². The van der Waals surface area contributed by atoms with Gasteiger partial charge in [0.25, 0.3) is 0 Å². The Labute approximate surface area is 159 Å². The van der Waals surface area contributed by atoms with Crippen molar-refractivity contribution < 1.29 is 27.9 Å². The molecule has 2 heterocycles. The average Bonchev–Trinajstić information content (AvgIpc) is 3.33. The molecule has 142 valence electrons. The fraction of sp³-hybridized carbons (Fsp3) is 0.150. The van der Waals surface area contributed by atoms with Crippen LogP contribution in [0, 0.1) is 24.1 Å². The Morgan fingerprint density at radius 1 is 1.29 bits per heavy atom. The minimum absolute atomic E-state index is 0.00114. The SMILES string of the molecule is COc1ccc(C(=O)COC(=O)c2c(C)oc(-n3cccc3)c2C#N)cc1F. The van der Waals surface area contributed by atoms with Crippen molar-refractivity contribution in [1.29, 1.82) is 5.26 Å². The van der Waals surface area contributed by atoms with Gasteiger partial charge in [-0.2, -0.15) is 5.26 Å². The van der Waals surface area contributed by atoms with E-state index < -0.39 is 24.2 Å². The maximum Gasteiger partial charge on any atom is 0.343 e. The molecule has 0 amide bonds. The highest BCUT2D eigenvalue weighted by Gasteiger charge is 2.26. The van der Waals surface area contributed by atoms with E-state index in [2.05, 4.69) is 0 Å². The van der Waals surface area contributed by atoms with Gasteiger partial charge >= 0.3 is 5.97 Å². The molecule has 2 aromatic heterocycles. The van der Waals surface area contributed by atoms with Gasteiger partial charge in [-0.15, -0.1) is 0 Å². The number of carbonyl (C=O) groups is 2. The molecule has 0 aliphatic heterocycles. The molecule has 0 unspecified atom stereocenters. The fourth-order valence-corrected chi connectivity index (χ4v) is 2.66. The van der Waals surface area contributed by atoms with Gasteiger partial charge in [-0.1, -0.05) is 0 Å². The van der Waals surface area contributed by atoms with Gasteiger partial charge in [0.1, 0.15) is 23.0 Å². The zero-order valence-corrected chi connectivity index (χ0v) is 15.1. The van der Waals surface area contributed by atoms with E-state index in [9.17, 15) is 19.2 Å². The maximum absolute atomic E-state index is 13.7. The summed E-state index contributed by atoms with van der Waals surface area (Å²) >= 11 is 0. The van der Waals surface area contributed by atoms with E-state index in [-0.39, 0.29) is 34.1 Å². The van der Waals surface area contributed by atoms with Crippen molar-refractivity contribution in [3.8, 4) is 17.7 Å². The number of methoxy groups -OCH3 is 1. The van der Waals surface area contributed by atoms with Crippen LogP contribution in [0.1, 0.15) is 32.0 Å². The molecule has 0 atom stereocenters. The number of hydrogen-bond donors (Lipinski definition) is 0. The topological polar surface area (TPSA) is 94.5 Å². The fourth-order valence-electron chi connectivity index (χ4n) is 2.66. The minimum Gasteiger partial charge on any atom is -0.494 e. The third kappa shape index (κ3) is 3.50. The van der Waals surface area contributed by atoms with E-state index in [4.69, 9.17) is 13.9 Å². The van der Waals surface area contributed by atoms with Crippen molar-refractivity contribution in [3.63, 3.8) is 0 Å². The number of benzene rings is 1. The molecule has 3 aromatic rings. The summed E-state index contributed by atoms with van der Waals surface area (Å²) in [4.78, 5) is 24.6. The number of Topliss-reactive ketones (excluding diaryl/α,β-unsaturated/α-hetero) is 1. The number of nitriles is 1. The van der Waals surface area contributed by atoms with Crippen LogP contribution in [0.2, 0.25) is 0 Å². The van der Waals surface area contributed by atoms with Crippen LogP contribution in [0.15, 0.2) is 47.1 Å². The second kappa shape index (κ2) is 7.80. The summed E-state index contributed by atoms with van der Waals surface area (Å²) in [5.41, 5.74) is -0.0231. The number of ketones is 1. The van der Waals surface area contributed by atoms with Gasteiger partial charge < -0.3 is 13.9 Å². The second-order valence-corrected chi connectivity index (χ2v) is 5.76. The van der Waals surface area contributed by atoms with E-state index in [0.29, 0.717) is 0 Å². The van der Waals surface area contributed by atoms with E-state index in [1.807, 2.05) is 6.07 Å². The Kier molecular flexibility index (Phi) is 5.27. The second-order valence-electron chi connectivity index (χ2n) is 5.76. The molecular formula is C20H15FN2O5. The first-order chi connectivity index (χ1) is 13.5. The number of rotatable bonds is 6. The number of aryl methyl sites for hydroxylation is 1. The Balaban J connectivity index is 1.78. The molecule has 7 nitrogen and oxygen atoms in total. The van der Waals surface area contributed by atoms with Gasteiger partial charge in [-0.3, -0.25) is 9.36 Å². The molecule has 28 heavy (non-hydrogen) atoms. The van der Waals surface area contributed by atoms with Gasteiger partial charge in [0.15, 0.2) is 24.0 Å². The molecule has 0 N–H and O–H groups in total. The van der Waals surface area contributed by atoms with Crippen molar-refractivity contribution in [1.82, 2.24) is 4.57 Å². The molecule has 0 radical (unpaired) electrons. The standard InChI is InChI=1S/C20H15FN2O5/c1-12-18(14(10-22)19(28-12)23-7-3-4-8-23)20(25)27-11-16(24)13-5-6-17(26-2)15(21)9-13/h3-9H,11H2,1-2H3. The monoisotopic (exact) mass is 382 g/mol. The quantitative estimate of drug-likeness (QED) is 0.479. The van der Waals surface area contributed by atoms with Crippen molar-refractivity contribution >= 4 is 11.8 Å². The minimum atomic E-state index is -0.876. The number of ether oxygens (including phenoxy) is 2. The Morgan fingerprint density at radius 2 is 2.00 bits per heavy atom. The highest BCUT2D eigenvalue weighted by molar-refractivity contribution is 6.00. The highest BCUT2D eigenvalue weighted by atomic mass is 19.1. The number of furan rings is 1. The molecular weight excluding hydrogens is 367 g/mol. The van der Waals surface area contributed by atoms with Crippen molar-refractivity contribution in [2.24, 2.45) is 0 Å². The third-order valence-corrected chi connectivity index (χ3v) is 4.03. The van der Waals surface area contributed by atoms with Gasteiger partial charge in [-0.25, -0.2) is 9.18 Å². The smallest absolute Gasteiger partial charge is 0.343 e. The van der Waals surface area contributed by atoms with Crippen LogP contribution in [0.25, 0.3) is 5.88 Å². The van der Waals surface area contributed by atoms with E-state index in [1.165, 1.54) is 26.2 Å². The molecule has 0 aliphatic carbocycles. The lowest BCUT2D eigenvalue weighted by Crippen LogP contribution is -2.15. The van der Waals surface area contributed by atoms with Crippen molar-refractivity contribution in [3.05, 3.63) is 71.0 Å². The van der Waals surface area contributed by atoms with E-state index in [0.717, 1.165) is 6.07 Å². The molecule has 3 rings (SSSR count). The molecule has 0 saturated carbocycles. The summed E-state index contributed by atoms with van der Waals surface area (Å²) in [6.07, 6.45) is 3.33. The molecule has 0 spiro atoms. The number of carbonyl (C=O) groups excluding carboxylic acids is 2. The molecule has 0 bridgehead atoms. The Bertz CT molecular complexity index is 1080. The molecule has 0 aliphatic rings. The van der Waals surface area contributed by atoms with Crippen molar-refractivity contribution in [2.45, 2.75) is 6.92 Å². The summed E-state index contributed by atoms with van der Waals surface area (Å²) < 4.78 is 30.6. The summed E-state index contributed by atoms with van der Waals surface area (Å²) in [7, 11) is 1.31. The summed E-state index contributed by atoms with van der Waals surface area (Å²) in [6.45, 7) is 0.907. The summed E-state index contributed by atoms with van der Waals surface area (Å²) in [5, 5.41) is 9.44. The zero-order chi connectivity index (χ0) is 20.3. The number of halogens is 1. The average molecular weight is 382 g/mol. The van der Waals surface area contributed by atoms with Gasteiger partial charge in [0, 0.05) is 18.0 Å². The largest absolute Gasteiger partial charge is 0.494 e. The predicted molar refractivity (Wildman–Crippen MR) is 95.1 cm³/mol. The normalized spacial score (nSPS) is 10.4. The van der Waals surface area contributed by atoms with Crippen LogP contribution in [0.3, 0.4) is 0 Å². The van der Waals surface area contributed by atoms with E-state index in [1.54, 1.807) is 29.1 Å². The lowest BCUT2D eigenvalue weighted by molar-refractivity contribution is 0.0472. The van der Waals surface area contributed by atoms with Crippen LogP contribution in [-0.4, -0.2) is 30.0 Å². The molecule has 0 saturated heterocycles. The maximum atomic E-state index is 13.7. The molecule has 8 heteroatoms. The summed E-state index contributed by atoms with van der Waals surface area (Å²) in [5.74, 6) is -1.81. The van der Waals surface area contributed by atoms with Gasteiger partial charge in [0.2, 0.25) is 5.88 Å². The first-order valence-electron chi connectivity index (χ1n) is 8.17. The number of aromatic nitrogens is 1. The van der Waals surface area contributed by atoms with Crippen molar-refractivity contribution in [2.75, 3.05) is 13.7 Å². The first kappa shape index (κ1) is 18.9. The first-order valence-corrected chi connectivity index (χ1v) is 8.17. The number of esters is 1. The Hall–Kier alpha value is -3.86.